The summed E-state index contributed by atoms with van der Waals surface area (Å²) in [6.45, 7) is 2.41. The Hall–Kier alpha value is -2.21. The first-order valence-electron chi connectivity index (χ1n) is 8.82. The van der Waals surface area contributed by atoms with Gasteiger partial charge in [0.25, 0.3) is 0 Å². The molecule has 0 saturated heterocycles. The van der Waals surface area contributed by atoms with E-state index in [1.54, 1.807) is 6.92 Å². The summed E-state index contributed by atoms with van der Waals surface area (Å²) in [5, 5.41) is 0. The number of esters is 1. The van der Waals surface area contributed by atoms with Crippen LogP contribution in [0.15, 0.2) is 36.4 Å². The summed E-state index contributed by atoms with van der Waals surface area (Å²) in [5.41, 5.74) is 0.847. The highest BCUT2D eigenvalue weighted by atomic mass is 16.5. The third-order valence-electron chi connectivity index (χ3n) is 4.13. The van der Waals surface area contributed by atoms with Gasteiger partial charge in [0, 0.05) is 12.0 Å². The number of benzene rings is 1. The van der Waals surface area contributed by atoms with E-state index in [0.717, 1.165) is 17.9 Å². The Kier molecular flexibility index (Phi) is 7.97. The first-order chi connectivity index (χ1) is 11.8. The van der Waals surface area contributed by atoms with Crippen LogP contribution in [0.2, 0.25) is 0 Å². The van der Waals surface area contributed by atoms with Crippen LogP contribution < -0.4 is 0 Å². The van der Waals surface area contributed by atoms with E-state index in [0.29, 0.717) is 12.4 Å². The number of carbonyl (C=O) groups excluding carboxylic acids is 1. The van der Waals surface area contributed by atoms with E-state index in [9.17, 15) is 4.79 Å². The van der Waals surface area contributed by atoms with Gasteiger partial charge in [-0.1, -0.05) is 61.4 Å². The average molecular weight is 326 g/mol. The summed E-state index contributed by atoms with van der Waals surface area (Å²) in [6.07, 6.45) is 8.98. The molecule has 2 rings (SSSR count). The van der Waals surface area contributed by atoms with Crippen molar-refractivity contribution in [1.29, 1.82) is 0 Å². The second kappa shape index (κ2) is 10.5. The van der Waals surface area contributed by atoms with Gasteiger partial charge >= 0.3 is 5.97 Å². The molecule has 0 unspecified atom stereocenters. The maximum Gasteiger partial charge on any atom is 0.334 e. The fraction of sp³-hybridized carbons (Fsp3) is 0.476. The zero-order valence-electron chi connectivity index (χ0n) is 14.4. The summed E-state index contributed by atoms with van der Waals surface area (Å²) in [5.74, 6) is 7.14. The summed E-state index contributed by atoms with van der Waals surface area (Å²) >= 11 is 0. The van der Waals surface area contributed by atoms with Crippen molar-refractivity contribution < 1.29 is 14.3 Å². The molecule has 1 aromatic carbocycles. The van der Waals surface area contributed by atoms with Gasteiger partial charge in [-0.05, 0) is 25.7 Å². The molecule has 0 heterocycles. The summed E-state index contributed by atoms with van der Waals surface area (Å²) in [6, 6.07) is 9.55. The fourth-order valence-corrected chi connectivity index (χ4v) is 2.87. The molecule has 1 aromatic rings. The van der Waals surface area contributed by atoms with Crippen molar-refractivity contribution in [1.82, 2.24) is 0 Å². The Morgan fingerprint density at radius 1 is 1.12 bits per heavy atom. The van der Waals surface area contributed by atoms with Crippen LogP contribution >= 0.6 is 0 Å². The highest BCUT2D eigenvalue weighted by Crippen LogP contribution is 2.25. The van der Waals surface area contributed by atoms with Gasteiger partial charge in [-0.2, -0.15) is 0 Å². The Morgan fingerprint density at radius 3 is 2.58 bits per heavy atom. The third kappa shape index (κ3) is 6.50. The zero-order chi connectivity index (χ0) is 17.0. The van der Waals surface area contributed by atoms with Gasteiger partial charge in [0.05, 0.1) is 12.7 Å². The van der Waals surface area contributed by atoms with Gasteiger partial charge in [0.2, 0.25) is 0 Å². The first kappa shape index (κ1) is 18.1. The summed E-state index contributed by atoms with van der Waals surface area (Å²) in [7, 11) is 0. The molecule has 0 radical (unpaired) electrons. The predicted molar refractivity (Wildman–Crippen MR) is 96.0 cm³/mol. The second-order valence-electron chi connectivity index (χ2n) is 5.98. The van der Waals surface area contributed by atoms with Crippen LogP contribution in [0.4, 0.5) is 0 Å². The van der Waals surface area contributed by atoms with Crippen LogP contribution in [0.25, 0.3) is 5.76 Å². The topological polar surface area (TPSA) is 35.5 Å². The Labute approximate surface area is 145 Å². The van der Waals surface area contributed by atoms with Gasteiger partial charge in [-0.25, -0.2) is 4.79 Å². The maximum atomic E-state index is 11.7. The normalized spacial score (nSPS) is 15.3. The van der Waals surface area contributed by atoms with Crippen molar-refractivity contribution in [2.24, 2.45) is 5.92 Å². The molecule has 0 spiro atoms. The number of rotatable bonds is 6. The Bertz CT molecular complexity index is 587. The van der Waals surface area contributed by atoms with Crippen LogP contribution in [0.5, 0.6) is 0 Å². The minimum Gasteiger partial charge on any atom is -0.480 e. The molecule has 0 amide bonds. The van der Waals surface area contributed by atoms with Crippen molar-refractivity contribution in [3.8, 4) is 11.8 Å². The van der Waals surface area contributed by atoms with Crippen molar-refractivity contribution in [3.05, 3.63) is 42.0 Å². The van der Waals surface area contributed by atoms with Crippen molar-refractivity contribution in [2.75, 3.05) is 13.2 Å². The molecule has 3 nitrogen and oxygen atoms in total. The minimum atomic E-state index is -0.397. The van der Waals surface area contributed by atoms with E-state index in [1.165, 1.54) is 38.2 Å². The number of ether oxygens (including phenoxy) is 2. The summed E-state index contributed by atoms with van der Waals surface area (Å²) < 4.78 is 10.7. The molecule has 0 N–H and O–H groups in total. The van der Waals surface area contributed by atoms with Crippen LogP contribution in [-0.4, -0.2) is 19.2 Å². The lowest BCUT2D eigenvalue weighted by atomic mass is 9.87. The Balaban J connectivity index is 1.90. The van der Waals surface area contributed by atoms with Gasteiger partial charge in [-0.15, -0.1) is 0 Å². The molecule has 3 heteroatoms. The molecule has 1 aliphatic carbocycles. The predicted octanol–water partition coefficient (Wildman–Crippen LogP) is 4.58. The lowest BCUT2D eigenvalue weighted by molar-refractivity contribution is -0.137. The SMILES string of the molecule is CCOC(=O)/C=C(/OCC#CCC1CCCCC1)c1ccccc1. The number of hydrogen-bond acceptors (Lipinski definition) is 3. The first-order valence-corrected chi connectivity index (χ1v) is 8.82. The molecule has 0 bridgehead atoms. The monoisotopic (exact) mass is 326 g/mol. The molecule has 1 aliphatic rings. The highest BCUT2D eigenvalue weighted by molar-refractivity contribution is 5.89. The molecule has 1 fully saturated rings. The van der Waals surface area contributed by atoms with E-state index in [1.807, 2.05) is 30.3 Å². The highest BCUT2D eigenvalue weighted by Gasteiger charge is 2.11. The third-order valence-corrected chi connectivity index (χ3v) is 4.13. The van der Waals surface area contributed by atoms with E-state index >= 15 is 0 Å². The molecular weight excluding hydrogens is 300 g/mol. The molecule has 0 aliphatic heterocycles. The molecule has 0 atom stereocenters. The van der Waals surface area contributed by atoms with E-state index < -0.39 is 5.97 Å². The lowest BCUT2D eigenvalue weighted by Crippen LogP contribution is -2.05. The van der Waals surface area contributed by atoms with Crippen LogP contribution in [0.1, 0.15) is 51.0 Å². The van der Waals surface area contributed by atoms with Crippen LogP contribution in [0.3, 0.4) is 0 Å². The van der Waals surface area contributed by atoms with Crippen molar-refractivity contribution in [3.63, 3.8) is 0 Å². The standard InChI is InChI=1S/C21H26O3/c1-2-23-21(22)17-20(19-14-7-4-8-15-19)24-16-10-9-13-18-11-5-3-6-12-18/h4,7-8,14-15,17-18H,2-3,5-6,11-13,16H2,1H3/b20-17+. The summed E-state index contributed by atoms with van der Waals surface area (Å²) in [4.78, 5) is 11.7. The smallest absolute Gasteiger partial charge is 0.334 e. The lowest BCUT2D eigenvalue weighted by Gasteiger charge is -2.18. The largest absolute Gasteiger partial charge is 0.480 e. The van der Waals surface area contributed by atoms with Crippen molar-refractivity contribution in [2.45, 2.75) is 45.4 Å². The molecular formula is C21H26O3. The van der Waals surface area contributed by atoms with E-state index in [2.05, 4.69) is 11.8 Å². The minimum absolute atomic E-state index is 0.285. The quantitative estimate of drug-likeness (QED) is 0.332. The zero-order valence-corrected chi connectivity index (χ0v) is 14.4. The molecule has 0 aromatic heterocycles. The van der Waals surface area contributed by atoms with Crippen molar-refractivity contribution >= 4 is 11.7 Å². The molecule has 24 heavy (non-hydrogen) atoms. The van der Waals surface area contributed by atoms with E-state index in [-0.39, 0.29) is 6.61 Å². The van der Waals surface area contributed by atoms with Gasteiger partial charge in [0.15, 0.2) is 0 Å². The molecule has 1 saturated carbocycles. The number of carbonyl (C=O) groups is 1. The van der Waals surface area contributed by atoms with Gasteiger partial charge in [-0.3, -0.25) is 0 Å². The second-order valence-corrected chi connectivity index (χ2v) is 5.98. The van der Waals surface area contributed by atoms with Gasteiger partial charge in [0.1, 0.15) is 12.4 Å². The fourth-order valence-electron chi connectivity index (χ4n) is 2.87. The maximum absolute atomic E-state index is 11.7. The number of hydrogen-bond donors (Lipinski definition) is 0. The van der Waals surface area contributed by atoms with Crippen LogP contribution in [-0.2, 0) is 14.3 Å². The van der Waals surface area contributed by atoms with E-state index in [4.69, 9.17) is 9.47 Å². The molecule has 128 valence electrons. The Morgan fingerprint density at radius 2 is 1.88 bits per heavy atom. The average Bonchev–Trinajstić information content (AvgIpc) is 2.62. The van der Waals surface area contributed by atoms with Gasteiger partial charge < -0.3 is 9.47 Å². The van der Waals surface area contributed by atoms with Crippen LogP contribution in [0, 0.1) is 17.8 Å².